The second-order valence-corrected chi connectivity index (χ2v) is 4.11. The Morgan fingerprint density at radius 1 is 1.32 bits per heavy atom. The molecule has 0 atom stereocenters. The van der Waals surface area contributed by atoms with E-state index in [1.165, 1.54) is 0 Å². The summed E-state index contributed by atoms with van der Waals surface area (Å²) in [6.07, 6.45) is 0. The fourth-order valence-electron chi connectivity index (χ4n) is 1.99. The van der Waals surface area contributed by atoms with Crippen LogP contribution in [0, 0.1) is 11.6 Å². The number of hydrogen-bond donors (Lipinski definition) is 0. The Bertz CT molecular complexity index is 450. The molecule has 1 heterocycles. The molecule has 0 bridgehead atoms. The number of morpholine rings is 1. The molecule has 19 heavy (non-hydrogen) atoms. The Hall–Kier alpha value is -1.69. The lowest BCUT2D eigenvalue weighted by molar-refractivity contribution is 0.0525. The van der Waals surface area contributed by atoms with E-state index in [9.17, 15) is 13.6 Å². The third-order valence-electron chi connectivity index (χ3n) is 2.86. The summed E-state index contributed by atoms with van der Waals surface area (Å²) in [4.78, 5) is 13.0. The van der Waals surface area contributed by atoms with Crippen LogP contribution in [0.3, 0.4) is 0 Å². The van der Waals surface area contributed by atoms with Gasteiger partial charge < -0.3 is 14.4 Å². The van der Waals surface area contributed by atoms with Gasteiger partial charge in [0.25, 0.3) is 0 Å². The average Bonchev–Trinajstić information content (AvgIpc) is 2.39. The zero-order chi connectivity index (χ0) is 13.8. The number of rotatable bonds is 3. The summed E-state index contributed by atoms with van der Waals surface area (Å²) in [6.45, 7) is 3.50. The molecule has 0 saturated carbocycles. The number of anilines is 1. The zero-order valence-corrected chi connectivity index (χ0v) is 10.6. The molecule has 1 aromatic rings. The Balaban J connectivity index is 2.28. The van der Waals surface area contributed by atoms with Crippen LogP contribution in [0.2, 0.25) is 0 Å². The zero-order valence-electron chi connectivity index (χ0n) is 10.6. The first kappa shape index (κ1) is 13.7. The quantitative estimate of drug-likeness (QED) is 0.788. The molecule has 0 aromatic heterocycles. The lowest BCUT2D eigenvalue weighted by Gasteiger charge is -2.29. The molecule has 1 fully saturated rings. The SMILES string of the molecule is CCOC(=O)c1cc(F)c(N2CCOCC2)c(F)c1. The van der Waals surface area contributed by atoms with Crippen LogP contribution in [-0.4, -0.2) is 38.9 Å². The van der Waals surface area contributed by atoms with Gasteiger partial charge in [0.2, 0.25) is 0 Å². The predicted octanol–water partition coefficient (Wildman–Crippen LogP) is 1.98. The van der Waals surface area contributed by atoms with Gasteiger partial charge in [-0.05, 0) is 19.1 Å². The van der Waals surface area contributed by atoms with E-state index in [1.807, 2.05) is 0 Å². The number of carbonyl (C=O) groups is 1. The van der Waals surface area contributed by atoms with Crippen molar-refractivity contribution in [2.75, 3.05) is 37.8 Å². The van der Waals surface area contributed by atoms with E-state index in [0.29, 0.717) is 26.3 Å². The van der Waals surface area contributed by atoms with E-state index in [0.717, 1.165) is 12.1 Å². The molecule has 2 rings (SSSR count). The Morgan fingerprint density at radius 2 is 1.89 bits per heavy atom. The number of carbonyl (C=O) groups excluding carboxylic acids is 1. The van der Waals surface area contributed by atoms with Crippen molar-refractivity contribution in [2.45, 2.75) is 6.92 Å². The summed E-state index contributed by atoms with van der Waals surface area (Å²) in [5.41, 5.74) is -0.231. The molecule has 6 heteroatoms. The maximum Gasteiger partial charge on any atom is 0.338 e. The monoisotopic (exact) mass is 271 g/mol. The van der Waals surface area contributed by atoms with Crippen molar-refractivity contribution in [3.63, 3.8) is 0 Å². The molecule has 4 nitrogen and oxygen atoms in total. The van der Waals surface area contributed by atoms with Gasteiger partial charge in [-0.1, -0.05) is 0 Å². The molecule has 1 aliphatic heterocycles. The van der Waals surface area contributed by atoms with E-state index in [1.54, 1.807) is 11.8 Å². The second-order valence-electron chi connectivity index (χ2n) is 4.11. The summed E-state index contributed by atoms with van der Waals surface area (Å²) in [7, 11) is 0. The predicted molar refractivity (Wildman–Crippen MR) is 65.3 cm³/mol. The highest BCUT2D eigenvalue weighted by Crippen LogP contribution is 2.26. The molecule has 0 unspecified atom stereocenters. The van der Waals surface area contributed by atoms with E-state index in [-0.39, 0.29) is 17.9 Å². The van der Waals surface area contributed by atoms with E-state index >= 15 is 0 Å². The van der Waals surface area contributed by atoms with Gasteiger partial charge in [0.05, 0.1) is 25.4 Å². The first-order valence-electron chi connectivity index (χ1n) is 6.12. The summed E-state index contributed by atoms with van der Waals surface area (Å²) >= 11 is 0. The van der Waals surface area contributed by atoms with Gasteiger partial charge in [0.1, 0.15) is 17.3 Å². The minimum absolute atomic E-state index is 0.114. The molecular weight excluding hydrogens is 256 g/mol. The van der Waals surface area contributed by atoms with Gasteiger partial charge in [-0.2, -0.15) is 0 Å². The van der Waals surface area contributed by atoms with Crippen molar-refractivity contribution in [1.82, 2.24) is 0 Å². The van der Waals surface area contributed by atoms with Crippen LogP contribution >= 0.6 is 0 Å². The highest BCUT2D eigenvalue weighted by Gasteiger charge is 2.22. The van der Waals surface area contributed by atoms with Crippen LogP contribution in [0.25, 0.3) is 0 Å². The van der Waals surface area contributed by atoms with Crippen molar-refractivity contribution < 1.29 is 23.0 Å². The molecule has 1 aromatic carbocycles. The largest absolute Gasteiger partial charge is 0.462 e. The normalized spacial score (nSPS) is 15.4. The van der Waals surface area contributed by atoms with Crippen LogP contribution in [0.5, 0.6) is 0 Å². The van der Waals surface area contributed by atoms with E-state index < -0.39 is 17.6 Å². The fourth-order valence-corrected chi connectivity index (χ4v) is 1.99. The molecule has 0 spiro atoms. The molecule has 1 saturated heterocycles. The molecule has 0 N–H and O–H groups in total. The number of ether oxygens (including phenoxy) is 2. The van der Waals surface area contributed by atoms with Gasteiger partial charge in [-0.15, -0.1) is 0 Å². The summed E-state index contributed by atoms with van der Waals surface area (Å²) < 4.78 is 37.8. The van der Waals surface area contributed by atoms with Crippen molar-refractivity contribution in [3.05, 3.63) is 29.3 Å². The lowest BCUT2D eigenvalue weighted by Crippen LogP contribution is -2.37. The molecule has 0 aliphatic carbocycles. The third kappa shape index (κ3) is 3.01. The third-order valence-corrected chi connectivity index (χ3v) is 2.86. The van der Waals surface area contributed by atoms with Crippen LogP contribution in [-0.2, 0) is 9.47 Å². The smallest absolute Gasteiger partial charge is 0.338 e. The van der Waals surface area contributed by atoms with Crippen LogP contribution in [0.15, 0.2) is 12.1 Å². The number of nitrogens with zero attached hydrogens (tertiary/aromatic N) is 1. The van der Waals surface area contributed by atoms with Gasteiger partial charge in [-0.3, -0.25) is 0 Å². The maximum atomic E-state index is 14.0. The average molecular weight is 271 g/mol. The van der Waals surface area contributed by atoms with Gasteiger partial charge in [-0.25, -0.2) is 13.6 Å². The van der Waals surface area contributed by atoms with Crippen molar-refractivity contribution >= 4 is 11.7 Å². The highest BCUT2D eigenvalue weighted by molar-refractivity contribution is 5.90. The summed E-state index contributed by atoms with van der Waals surface area (Å²) in [6, 6.07) is 2.01. The Kier molecular flexibility index (Phi) is 4.31. The van der Waals surface area contributed by atoms with Crippen molar-refractivity contribution in [2.24, 2.45) is 0 Å². The van der Waals surface area contributed by atoms with E-state index in [4.69, 9.17) is 9.47 Å². The van der Waals surface area contributed by atoms with Crippen LogP contribution in [0.4, 0.5) is 14.5 Å². The molecule has 104 valence electrons. The van der Waals surface area contributed by atoms with Gasteiger partial charge >= 0.3 is 5.97 Å². The minimum Gasteiger partial charge on any atom is -0.462 e. The van der Waals surface area contributed by atoms with Gasteiger partial charge in [0.15, 0.2) is 0 Å². The Labute approximate surface area is 109 Å². The number of benzene rings is 1. The topological polar surface area (TPSA) is 38.8 Å². The fraction of sp³-hybridized carbons (Fsp3) is 0.462. The van der Waals surface area contributed by atoms with Crippen molar-refractivity contribution in [1.29, 1.82) is 0 Å². The lowest BCUT2D eigenvalue weighted by atomic mass is 10.1. The first-order chi connectivity index (χ1) is 9.13. The number of esters is 1. The highest BCUT2D eigenvalue weighted by atomic mass is 19.1. The minimum atomic E-state index is -0.759. The summed E-state index contributed by atoms with van der Waals surface area (Å²) in [5.74, 6) is -2.25. The van der Waals surface area contributed by atoms with Crippen LogP contribution in [0.1, 0.15) is 17.3 Å². The molecular formula is C13H15F2NO3. The van der Waals surface area contributed by atoms with Crippen molar-refractivity contribution in [3.8, 4) is 0 Å². The molecule has 0 amide bonds. The number of hydrogen-bond acceptors (Lipinski definition) is 4. The van der Waals surface area contributed by atoms with Gasteiger partial charge in [0, 0.05) is 13.1 Å². The standard InChI is InChI=1S/C13H15F2NO3/c1-2-19-13(17)9-7-10(14)12(11(15)8-9)16-3-5-18-6-4-16/h7-8H,2-6H2,1H3. The maximum absolute atomic E-state index is 14.0. The molecule has 1 aliphatic rings. The Morgan fingerprint density at radius 3 is 2.42 bits per heavy atom. The number of halogens is 2. The molecule has 0 radical (unpaired) electrons. The summed E-state index contributed by atoms with van der Waals surface area (Å²) in [5, 5.41) is 0. The first-order valence-corrected chi connectivity index (χ1v) is 6.12. The van der Waals surface area contributed by atoms with Crippen LogP contribution < -0.4 is 4.90 Å². The second kappa shape index (κ2) is 5.97. The van der Waals surface area contributed by atoms with E-state index in [2.05, 4.69) is 0 Å².